The lowest BCUT2D eigenvalue weighted by Gasteiger charge is -1.96. The smallest absolute Gasteiger partial charge is 0.154 e. The number of nitrogens with two attached hydrogens (primary N) is 1. The van der Waals surface area contributed by atoms with Crippen LogP contribution in [0.25, 0.3) is 27.8 Å². The van der Waals surface area contributed by atoms with Gasteiger partial charge in [-0.3, -0.25) is 0 Å². The fourth-order valence-corrected chi connectivity index (χ4v) is 2.25. The van der Waals surface area contributed by atoms with E-state index in [0.717, 1.165) is 22.4 Å². The summed E-state index contributed by atoms with van der Waals surface area (Å²) in [6.07, 6.45) is 3.82. The van der Waals surface area contributed by atoms with Gasteiger partial charge in [0.05, 0.1) is 11.9 Å². The van der Waals surface area contributed by atoms with Crippen molar-refractivity contribution in [3.8, 4) is 11.3 Å². The van der Waals surface area contributed by atoms with Crippen LogP contribution in [0.1, 0.15) is 0 Å². The Labute approximate surface area is 108 Å². The number of rotatable bonds is 1. The van der Waals surface area contributed by atoms with Crippen LogP contribution in [-0.2, 0) is 0 Å². The average Bonchev–Trinajstić information content (AvgIpc) is 3.02. The maximum Gasteiger partial charge on any atom is 0.154 e. The molecule has 3 heterocycles. The Bertz CT molecular complexity index is 887. The molecule has 19 heavy (non-hydrogen) atoms. The molecule has 0 saturated carbocycles. The molecule has 5 nitrogen and oxygen atoms in total. The van der Waals surface area contributed by atoms with Crippen LogP contribution in [0.3, 0.4) is 0 Å². The number of hydrogen-bond donors (Lipinski definition) is 2. The second-order valence-electron chi connectivity index (χ2n) is 4.47. The van der Waals surface area contributed by atoms with Gasteiger partial charge in [0.2, 0.25) is 0 Å². The molecule has 0 aliphatic heterocycles. The number of fused-ring (bicyclic) bond motifs is 2. The molecule has 4 rings (SSSR count). The number of anilines is 1. The van der Waals surface area contributed by atoms with Crippen molar-refractivity contribution >= 4 is 22.4 Å². The molecule has 0 unspecified atom stereocenters. The molecular weight excluding hydrogens is 238 g/mol. The normalized spacial score (nSPS) is 11.4. The lowest BCUT2D eigenvalue weighted by atomic mass is 10.1. The Morgan fingerprint density at radius 1 is 1.11 bits per heavy atom. The number of benzene rings is 1. The van der Waals surface area contributed by atoms with Crippen LogP contribution < -0.4 is 5.73 Å². The van der Waals surface area contributed by atoms with Gasteiger partial charge in [-0.25, -0.2) is 9.50 Å². The van der Waals surface area contributed by atoms with Crippen LogP contribution in [0.2, 0.25) is 0 Å². The van der Waals surface area contributed by atoms with E-state index in [2.05, 4.69) is 27.2 Å². The minimum absolute atomic E-state index is 0.484. The molecule has 5 heteroatoms. The van der Waals surface area contributed by atoms with Gasteiger partial charge in [-0.05, 0) is 30.3 Å². The molecule has 0 aliphatic carbocycles. The molecule has 0 atom stereocenters. The van der Waals surface area contributed by atoms with Gasteiger partial charge in [0.1, 0.15) is 5.82 Å². The maximum absolute atomic E-state index is 5.67. The van der Waals surface area contributed by atoms with Gasteiger partial charge >= 0.3 is 0 Å². The third kappa shape index (κ3) is 1.55. The monoisotopic (exact) mass is 249 g/mol. The Kier molecular flexibility index (Phi) is 1.91. The molecule has 3 aromatic heterocycles. The first-order valence-electron chi connectivity index (χ1n) is 5.99. The van der Waals surface area contributed by atoms with E-state index in [1.54, 1.807) is 10.6 Å². The molecule has 0 bridgehead atoms. The van der Waals surface area contributed by atoms with Gasteiger partial charge in [-0.15, -0.1) is 5.10 Å². The molecule has 0 saturated heterocycles. The topological polar surface area (TPSA) is 72.0 Å². The van der Waals surface area contributed by atoms with Gasteiger partial charge in [0, 0.05) is 22.7 Å². The first-order chi connectivity index (χ1) is 9.29. The van der Waals surface area contributed by atoms with E-state index in [-0.39, 0.29) is 0 Å². The number of nitrogens with one attached hydrogen (secondary N) is 1. The summed E-state index contributed by atoms with van der Waals surface area (Å²) in [5.41, 5.74) is 9.53. The van der Waals surface area contributed by atoms with Gasteiger partial charge in [0.15, 0.2) is 5.65 Å². The largest absolute Gasteiger partial charge is 0.382 e. The lowest BCUT2D eigenvalue weighted by Crippen LogP contribution is -1.95. The summed E-state index contributed by atoms with van der Waals surface area (Å²) in [6, 6.07) is 11.9. The van der Waals surface area contributed by atoms with Crippen LogP contribution in [0, 0.1) is 0 Å². The Balaban J connectivity index is 1.92. The van der Waals surface area contributed by atoms with E-state index in [1.165, 1.54) is 5.39 Å². The number of hydrogen-bond acceptors (Lipinski definition) is 3. The molecule has 0 radical (unpaired) electrons. The van der Waals surface area contributed by atoms with Crippen LogP contribution in [0.4, 0.5) is 5.82 Å². The SMILES string of the molecule is Nc1ccc2nc(-c3ccc4[nH]ccc4c3)cn2n1. The number of aromatic amines is 1. The van der Waals surface area contributed by atoms with Crippen molar-refractivity contribution in [2.75, 3.05) is 5.73 Å². The zero-order valence-electron chi connectivity index (χ0n) is 10.0. The molecule has 92 valence electrons. The highest BCUT2D eigenvalue weighted by Gasteiger charge is 2.06. The summed E-state index contributed by atoms with van der Waals surface area (Å²) in [4.78, 5) is 7.73. The fraction of sp³-hybridized carbons (Fsp3) is 0. The fourth-order valence-electron chi connectivity index (χ4n) is 2.25. The van der Waals surface area contributed by atoms with Crippen LogP contribution >= 0.6 is 0 Å². The molecular formula is C14H11N5. The van der Waals surface area contributed by atoms with Gasteiger partial charge in [-0.2, -0.15) is 0 Å². The maximum atomic E-state index is 5.67. The van der Waals surface area contributed by atoms with E-state index < -0.39 is 0 Å². The highest BCUT2D eigenvalue weighted by molar-refractivity contribution is 5.84. The Morgan fingerprint density at radius 3 is 3.00 bits per heavy atom. The second kappa shape index (κ2) is 3.58. The van der Waals surface area contributed by atoms with Crippen LogP contribution in [0.15, 0.2) is 48.8 Å². The van der Waals surface area contributed by atoms with Crippen molar-refractivity contribution in [3.05, 3.63) is 48.8 Å². The molecule has 4 aromatic rings. The summed E-state index contributed by atoms with van der Waals surface area (Å²) < 4.78 is 1.70. The molecule has 0 spiro atoms. The minimum atomic E-state index is 0.484. The lowest BCUT2D eigenvalue weighted by molar-refractivity contribution is 0.946. The first-order valence-corrected chi connectivity index (χ1v) is 5.99. The number of nitrogen functional groups attached to an aromatic ring is 1. The summed E-state index contributed by atoms with van der Waals surface area (Å²) in [5, 5.41) is 5.37. The number of H-pyrrole nitrogens is 1. The van der Waals surface area contributed by atoms with Gasteiger partial charge < -0.3 is 10.7 Å². The average molecular weight is 249 g/mol. The first kappa shape index (κ1) is 10.1. The zero-order valence-corrected chi connectivity index (χ0v) is 10.0. The van der Waals surface area contributed by atoms with Crippen molar-refractivity contribution in [2.24, 2.45) is 0 Å². The minimum Gasteiger partial charge on any atom is -0.382 e. The molecule has 0 aliphatic rings. The van der Waals surface area contributed by atoms with Gasteiger partial charge in [-0.1, -0.05) is 6.07 Å². The van der Waals surface area contributed by atoms with E-state index in [1.807, 2.05) is 30.6 Å². The second-order valence-corrected chi connectivity index (χ2v) is 4.47. The molecule has 0 amide bonds. The standard InChI is InChI=1S/C14H11N5/c15-13-3-4-14-17-12(8-19(14)18-13)9-1-2-11-10(7-9)5-6-16-11/h1-8,16H,(H2,15,18). The summed E-state index contributed by atoms with van der Waals surface area (Å²) in [5.74, 6) is 0.484. The molecule has 1 aromatic carbocycles. The van der Waals surface area contributed by atoms with E-state index in [0.29, 0.717) is 5.82 Å². The Hall–Kier alpha value is -2.82. The zero-order chi connectivity index (χ0) is 12.8. The quantitative estimate of drug-likeness (QED) is 0.544. The predicted molar refractivity (Wildman–Crippen MR) is 74.7 cm³/mol. The highest BCUT2D eigenvalue weighted by atomic mass is 15.3. The van der Waals surface area contributed by atoms with Crippen molar-refractivity contribution in [1.82, 2.24) is 19.6 Å². The molecule has 0 fully saturated rings. The van der Waals surface area contributed by atoms with E-state index in [9.17, 15) is 0 Å². The summed E-state index contributed by atoms with van der Waals surface area (Å²) in [7, 11) is 0. The Morgan fingerprint density at radius 2 is 2.05 bits per heavy atom. The predicted octanol–water partition coefficient (Wildman–Crippen LogP) is 2.46. The number of nitrogens with zero attached hydrogens (tertiary/aromatic N) is 3. The van der Waals surface area contributed by atoms with E-state index in [4.69, 9.17) is 5.73 Å². The summed E-state index contributed by atoms with van der Waals surface area (Å²) in [6.45, 7) is 0. The number of imidazole rings is 1. The summed E-state index contributed by atoms with van der Waals surface area (Å²) >= 11 is 0. The third-order valence-corrected chi connectivity index (χ3v) is 3.19. The van der Waals surface area contributed by atoms with Crippen molar-refractivity contribution in [1.29, 1.82) is 0 Å². The number of aromatic nitrogens is 4. The highest BCUT2D eigenvalue weighted by Crippen LogP contribution is 2.23. The molecule has 3 N–H and O–H groups in total. The van der Waals surface area contributed by atoms with Crippen molar-refractivity contribution < 1.29 is 0 Å². The van der Waals surface area contributed by atoms with Gasteiger partial charge in [0.25, 0.3) is 0 Å². The van der Waals surface area contributed by atoms with E-state index >= 15 is 0 Å². The van der Waals surface area contributed by atoms with Crippen LogP contribution in [-0.4, -0.2) is 19.6 Å². The van der Waals surface area contributed by atoms with Crippen molar-refractivity contribution in [2.45, 2.75) is 0 Å². The van der Waals surface area contributed by atoms with Crippen LogP contribution in [0.5, 0.6) is 0 Å². The third-order valence-electron chi connectivity index (χ3n) is 3.19. The van der Waals surface area contributed by atoms with Crippen molar-refractivity contribution in [3.63, 3.8) is 0 Å².